The number of thioether (sulfide) groups is 1. The van der Waals surface area contributed by atoms with Gasteiger partial charge in [0.25, 0.3) is 0 Å². The highest BCUT2D eigenvalue weighted by molar-refractivity contribution is 8.00. The number of likely N-dealkylation sites (N-methyl/N-ethyl adjacent to an activating group) is 1. The minimum Gasteiger partial charge on any atom is -0.462 e. The van der Waals surface area contributed by atoms with Gasteiger partial charge in [0.05, 0.1) is 31.4 Å². The van der Waals surface area contributed by atoms with Crippen molar-refractivity contribution in [3.8, 4) is 0 Å². The van der Waals surface area contributed by atoms with E-state index in [1.807, 2.05) is 0 Å². The topological polar surface area (TPSA) is 120 Å². The van der Waals surface area contributed by atoms with Gasteiger partial charge >= 0.3 is 5.97 Å². The molecule has 8 nitrogen and oxygen atoms in total. The van der Waals surface area contributed by atoms with Crippen molar-refractivity contribution >= 4 is 29.5 Å². The quantitative estimate of drug-likeness (QED) is 0.0890. The highest BCUT2D eigenvalue weighted by atomic mass is 32.2. The Bertz CT molecular complexity index is 1100. The largest absolute Gasteiger partial charge is 0.462 e. The SMILES string of the molecule is CN[C@@H](CSCC(=O)NCCOCCC(=O)O[C@H]1CC[C@@]2(C)C(=CCC3C2CC[C@@]2(C)C3CC[C@@H]2C(C)CCCC(C)C)C1)C(N)=O. The fourth-order valence-corrected chi connectivity index (χ4v) is 11.1. The molecule has 0 spiro atoms. The van der Waals surface area contributed by atoms with Gasteiger partial charge in [-0.25, -0.2) is 0 Å². The van der Waals surface area contributed by atoms with Crippen LogP contribution in [-0.2, 0) is 23.9 Å². The van der Waals surface area contributed by atoms with E-state index in [1.54, 1.807) is 12.6 Å². The molecule has 0 saturated heterocycles. The van der Waals surface area contributed by atoms with Gasteiger partial charge in [-0.05, 0) is 98.3 Å². The standard InChI is InChI=1S/C38H65N3O5S/c1-25(2)8-7-9-26(3)30-12-13-31-29-11-10-27-22-28(14-17-37(27,4)32(29)15-18-38(30,31)5)46-35(43)16-20-45-21-19-41-34(42)24-47-23-33(40-6)36(39)44/h10,25-26,28-33,40H,7-9,11-24H2,1-6H3,(H2,39,44)(H,41,42)/t26?,28-,29?,30+,31?,32?,33-,37-,38+/m0/s1. The Hall–Kier alpha value is -1.58. The summed E-state index contributed by atoms with van der Waals surface area (Å²) < 4.78 is 11.5. The molecule has 4 aliphatic rings. The summed E-state index contributed by atoms with van der Waals surface area (Å²) in [5.74, 6) is 4.89. The lowest BCUT2D eigenvalue weighted by Gasteiger charge is -2.58. The minimum absolute atomic E-state index is 0.0383. The van der Waals surface area contributed by atoms with Crippen LogP contribution in [0.5, 0.6) is 0 Å². The molecule has 0 aromatic rings. The van der Waals surface area contributed by atoms with Crippen molar-refractivity contribution in [2.45, 2.75) is 124 Å². The van der Waals surface area contributed by atoms with Gasteiger partial charge in [-0.3, -0.25) is 14.4 Å². The molecule has 4 N–H and O–H groups in total. The van der Waals surface area contributed by atoms with Gasteiger partial charge < -0.3 is 25.8 Å². The molecule has 9 heteroatoms. The first-order valence-electron chi connectivity index (χ1n) is 18.7. The van der Waals surface area contributed by atoms with Crippen LogP contribution in [0.2, 0.25) is 0 Å². The van der Waals surface area contributed by atoms with E-state index < -0.39 is 11.9 Å². The third kappa shape index (κ3) is 9.56. The van der Waals surface area contributed by atoms with Crippen molar-refractivity contribution in [3.05, 3.63) is 11.6 Å². The second-order valence-electron chi connectivity index (χ2n) is 16.1. The number of ether oxygens (including phenoxy) is 2. The minimum atomic E-state index is -0.451. The molecular formula is C38H65N3O5S. The lowest BCUT2D eigenvalue weighted by Crippen LogP contribution is -2.51. The van der Waals surface area contributed by atoms with Gasteiger partial charge in [0.1, 0.15) is 6.10 Å². The molecule has 4 aliphatic carbocycles. The molecule has 3 saturated carbocycles. The van der Waals surface area contributed by atoms with Crippen molar-refractivity contribution < 1.29 is 23.9 Å². The monoisotopic (exact) mass is 675 g/mol. The maximum Gasteiger partial charge on any atom is 0.308 e. The maximum atomic E-state index is 12.7. The van der Waals surface area contributed by atoms with Gasteiger partial charge in [0.15, 0.2) is 0 Å². The molecule has 0 bridgehead atoms. The van der Waals surface area contributed by atoms with E-state index in [-0.39, 0.29) is 42.2 Å². The number of hydrogen-bond acceptors (Lipinski definition) is 7. The van der Waals surface area contributed by atoms with E-state index in [0.717, 1.165) is 54.8 Å². The van der Waals surface area contributed by atoms with E-state index in [0.29, 0.717) is 24.3 Å². The average molecular weight is 676 g/mol. The first-order valence-corrected chi connectivity index (χ1v) is 19.8. The summed E-state index contributed by atoms with van der Waals surface area (Å²) in [5, 5.41) is 5.63. The molecule has 0 radical (unpaired) electrons. The smallest absolute Gasteiger partial charge is 0.308 e. The Morgan fingerprint density at radius 3 is 2.55 bits per heavy atom. The second kappa shape index (κ2) is 17.4. The number of primary amides is 1. The Morgan fingerprint density at radius 1 is 1.04 bits per heavy atom. The van der Waals surface area contributed by atoms with Crippen molar-refractivity contribution in [2.24, 2.45) is 52.1 Å². The summed E-state index contributed by atoms with van der Waals surface area (Å²) in [6.45, 7) is 13.4. The predicted octanol–water partition coefficient (Wildman–Crippen LogP) is 6.27. The molecular weight excluding hydrogens is 611 g/mol. The average Bonchev–Trinajstić information content (AvgIpc) is 3.38. The van der Waals surface area contributed by atoms with Crippen LogP contribution in [0.3, 0.4) is 0 Å². The third-order valence-corrected chi connectivity index (χ3v) is 13.8. The summed E-state index contributed by atoms with van der Waals surface area (Å²) in [4.78, 5) is 35.9. The Labute approximate surface area is 289 Å². The number of carbonyl (C=O) groups excluding carboxylic acids is 3. The zero-order chi connectivity index (χ0) is 34.2. The zero-order valence-electron chi connectivity index (χ0n) is 30.2. The normalized spacial score (nSPS) is 32.8. The van der Waals surface area contributed by atoms with Gasteiger partial charge in [0, 0.05) is 18.7 Å². The van der Waals surface area contributed by atoms with Crippen LogP contribution in [0.25, 0.3) is 0 Å². The van der Waals surface area contributed by atoms with Crippen LogP contribution in [0.15, 0.2) is 11.6 Å². The molecule has 0 aromatic heterocycles. The Balaban J connectivity index is 1.16. The molecule has 4 unspecified atom stereocenters. The van der Waals surface area contributed by atoms with Crippen molar-refractivity contribution in [2.75, 3.05) is 38.3 Å². The molecule has 9 atom stereocenters. The van der Waals surface area contributed by atoms with Crippen molar-refractivity contribution in [1.29, 1.82) is 0 Å². The van der Waals surface area contributed by atoms with E-state index in [2.05, 4.69) is 51.3 Å². The highest BCUT2D eigenvalue weighted by Crippen LogP contribution is 2.67. The van der Waals surface area contributed by atoms with E-state index >= 15 is 0 Å². The van der Waals surface area contributed by atoms with E-state index in [9.17, 15) is 14.4 Å². The van der Waals surface area contributed by atoms with Crippen molar-refractivity contribution in [1.82, 2.24) is 10.6 Å². The number of allylic oxidation sites excluding steroid dienone is 1. The van der Waals surface area contributed by atoms with Crippen molar-refractivity contribution in [3.63, 3.8) is 0 Å². The van der Waals surface area contributed by atoms with Gasteiger partial charge in [-0.15, -0.1) is 11.8 Å². The number of esters is 1. The predicted molar refractivity (Wildman–Crippen MR) is 191 cm³/mol. The lowest BCUT2D eigenvalue weighted by molar-refractivity contribution is -0.152. The van der Waals surface area contributed by atoms with Crippen LogP contribution in [0.4, 0.5) is 0 Å². The second-order valence-corrected chi connectivity index (χ2v) is 17.1. The molecule has 0 aromatic carbocycles. The lowest BCUT2D eigenvalue weighted by atomic mass is 9.47. The van der Waals surface area contributed by atoms with Gasteiger partial charge in [-0.2, -0.15) is 0 Å². The summed E-state index contributed by atoms with van der Waals surface area (Å²) in [7, 11) is 1.67. The summed E-state index contributed by atoms with van der Waals surface area (Å²) in [5.41, 5.74) is 7.59. The fourth-order valence-electron chi connectivity index (χ4n) is 10.1. The maximum absolute atomic E-state index is 12.7. The summed E-state index contributed by atoms with van der Waals surface area (Å²) >= 11 is 1.35. The Kier molecular flexibility index (Phi) is 14.1. The molecule has 268 valence electrons. The number of fused-ring (bicyclic) bond motifs is 5. The molecule has 0 aliphatic heterocycles. The molecule has 47 heavy (non-hydrogen) atoms. The number of hydrogen-bond donors (Lipinski definition) is 3. The van der Waals surface area contributed by atoms with Crippen LogP contribution in [0, 0.1) is 46.3 Å². The number of rotatable bonds is 18. The first kappa shape index (κ1) is 38.2. The molecule has 0 heterocycles. The number of carbonyl (C=O) groups is 3. The fraction of sp³-hybridized carbons (Fsp3) is 0.868. The summed E-state index contributed by atoms with van der Waals surface area (Å²) in [6.07, 6.45) is 16.6. The zero-order valence-corrected chi connectivity index (χ0v) is 31.1. The van der Waals surface area contributed by atoms with Crippen LogP contribution >= 0.6 is 11.8 Å². The van der Waals surface area contributed by atoms with Gasteiger partial charge in [0.2, 0.25) is 11.8 Å². The third-order valence-electron chi connectivity index (χ3n) is 12.8. The first-order chi connectivity index (χ1) is 22.4. The van der Waals surface area contributed by atoms with Gasteiger partial charge in [-0.1, -0.05) is 65.5 Å². The van der Waals surface area contributed by atoms with Crippen LogP contribution in [0.1, 0.15) is 112 Å². The number of amides is 2. The highest BCUT2D eigenvalue weighted by Gasteiger charge is 2.59. The molecule has 3 fully saturated rings. The number of nitrogens with two attached hydrogens (primary N) is 1. The summed E-state index contributed by atoms with van der Waals surface area (Å²) in [6, 6.07) is -0.451. The molecule has 4 rings (SSSR count). The molecule has 2 amide bonds. The number of nitrogens with one attached hydrogen (secondary N) is 2. The van der Waals surface area contributed by atoms with Crippen LogP contribution in [-0.4, -0.2) is 68.2 Å². The Morgan fingerprint density at radius 2 is 1.83 bits per heavy atom. The van der Waals surface area contributed by atoms with Crippen LogP contribution < -0.4 is 16.4 Å². The van der Waals surface area contributed by atoms with E-state index in [1.165, 1.54) is 63.1 Å². The van der Waals surface area contributed by atoms with E-state index in [4.69, 9.17) is 15.2 Å².